The minimum atomic E-state index is 0.707. The van der Waals surface area contributed by atoms with Gasteiger partial charge in [-0.25, -0.2) is 15.0 Å². The molecule has 3 aromatic heterocycles. The second-order valence-corrected chi connectivity index (χ2v) is 5.73. The van der Waals surface area contributed by atoms with Crippen LogP contribution in [0.4, 0.5) is 5.82 Å². The Morgan fingerprint density at radius 1 is 0.920 bits per heavy atom. The first-order valence-corrected chi connectivity index (χ1v) is 8.27. The number of nitrogens with zero attached hydrogens (tertiary/aromatic N) is 5. The Morgan fingerprint density at radius 2 is 1.80 bits per heavy atom. The van der Waals surface area contributed by atoms with Gasteiger partial charge in [0.2, 0.25) is 0 Å². The summed E-state index contributed by atoms with van der Waals surface area (Å²) in [5.41, 5.74) is 1.89. The fraction of sp³-hybridized carbons (Fsp3) is 0.158. The van der Waals surface area contributed by atoms with Crippen LogP contribution in [0.1, 0.15) is 6.42 Å². The van der Waals surface area contributed by atoms with Crippen molar-refractivity contribution >= 4 is 16.7 Å². The Bertz CT molecular complexity index is 950. The summed E-state index contributed by atoms with van der Waals surface area (Å²) in [5.74, 6) is 1.57. The van der Waals surface area contributed by atoms with Gasteiger partial charge in [-0.3, -0.25) is 4.98 Å². The van der Waals surface area contributed by atoms with Gasteiger partial charge in [0, 0.05) is 48.8 Å². The normalized spacial score (nSPS) is 10.9. The summed E-state index contributed by atoms with van der Waals surface area (Å²) < 4.78 is 2.07. The largest absolute Gasteiger partial charge is 0.369 e. The molecule has 4 aromatic rings. The van der Waals surface area contributed by atoms with Crippen molar-refractivity contribution in [1.82, 2.24) is 24.5 Å². The molecule has 0 spiro atoms. The molecule has 124 valence electrons. The molecule has 0 aliphatic heterocycles. The van der Waals surface area contributed by atoms with Crippen molar-refractivity contribution in [3.8, 4) is 11.4 Å². The lowest BCUT2D eigenvalue weighted by Gasteiger charge is -2.11. The summed E-state index contributed by atoms with van der Waals surface area (Å²) >= 11 is 0. The van der Waals surface area contributed by atoms with Gasteiger partial charge in [0.15, 0.2) is 5.82 Å². The van der Waals surface area contributed by atoms with E-state index in [1.165, 1.54) is 0 Å². The lowest BCUT2D eigenvalue weighted by molar-refractivity contribution is 0.660. The molecule has 0 radical (unpaired) electrons. The van der Waals surface area contributed by atoms with Crippen LogP contribution in [0.5, 0.6) is 0 Å². The van der Waals surface area contributed by atoms with E-state index in [9.17, 15) is 0 Å². The molecule has 0 unspecified atom stereocenters. The van der Waals surface area contributed by atoms with Crippen LogP contribution in [0, 0.1) is 0 Å². The first kappa shape index (κ1) is 15.3. The fourth-order valence-corrected chi connectivity index (χ4v) is 2.73. The SMILES string of the molecule is c1ccc2c(NCCCn3ccnc3)nc(-c3ccncc3)nc2c1. The van der Waals surface area contributed by atoms with E-state index in [4.69, 9.17) is 4.98 Å². The summed E-state index contributed by atoms with van der Waals surface area (Å²) in [5, 5.41) is 4.49. The van der Waals surface area contributed by atoms with Crippen LogP contribution in [-0.2, 0) is 6.54 Å². The minimum absolute atomic E-state index is 0.707. The molecule has 0 fully saturated rings. The Morgan fingerprint density at radius 3 is 2.64 bits per heavy atom. The third-order valence-electron chi connectivity index (χ3n) is 3.99. The van der Waals surface area contributed by atoms with Gasteiger partial charge in [-0.05, 0) is 30.7 Å². The van der Waals surface area contributed by atoms with E-state index in [1.54, 1.807) is 18.6 Å². The van der Waals surface area contributed by atoms with Crippen LogP contribution in [0.15, 0.2) is 67.5 Å². The number of anilines is 1. The second kappa shape index (κ2) is 7.09. The van der Waals surface area contributed by atoms with E-state index >= 15 is 0 Å². The molecule has 1 aromatic carbocycles. The molecular formula is C19H18N6. The van der Waals surface area contributed by atoms with E-state index in [2.05, 4.69) is 24.8 Å². The lowest BCUT2D eigenvalue weighted by Crippen LogP contribution is -2.08. The molecule has 6 nitrogen and oxygen atoms in total. The van der Waals surface area contributed by atoms with Crippen LogP contribution in [0.2, 0.25) is 0 Å². The van der Waals surface area contributed by atoms with Crippen molar-refractivity contribution in [3.05, 3.63) is 67.5 Å². The zero-order valence-electron chi connectivity index (χ0n) is 13.7. The Balaban J connectivity index is 1.58. The van der Waals surface area contributed by atoms with Crippen molar-refractivity contribution in [2.45, 2.75) is 13.0 Å². The third-order valence-corrected chi connectivity index (χ3v) is 3.99. The second-order valence-electron chi connectivity index (χ2n) is 5.73. The van der Waals surface area contributed by atoms with Crippen molar-refractivity contribution < 1.29 is 0 Å². The van der Waals surface area contributed by atoms with Crippen LogP contribution in [0.25, 0.3) is 22.3 Å². The monoisotopic (exact) mass is 330 g/mol. The molecule has 0 aliphatic carbocycles. The van der Waals surface area contributed by atoms with Crippen LogP contribution < -0.4 is 5.32 Å². The van der Waals surface area contributed by atoms with Gasteiger partial charge in [0.05, 0.1) is 11.8 Å². The van der Waals surface area contributed by atoms with E-state index in [0.29, 0.717) is 5.82 Å². The quantitative estimate of drug-likeness (QED) is 0.549. The molecule has 3 heterocycles. The minimum Gasteiger partial charge on any atom is -0.369 e. The summed E-state index contributed by atoms with van der Waals surface area (Å²) in [4.78, 5) is 17.5. The standard InChI is InChI=1S/C19H18N6/c1-2-5-17-16(4-1)19(22-8-3-12-25-13-11-21-14-25)24-18(23-17)15-6-9-20-10-7-15/h1-2,4-7,9-11,13-14H,3,8,12H2,(H,22,23,24). The smallest absolute Gasteiger partial charge is 0.162 e. The van der Waals surface area contributed by atoms with E-state index in [1.807, 2.05) is 48.9 Å². The van der Waals surface area contributed by atoms with E-state index in [-0.39, 0.29) is 0 Å². The number of rotatable bonds is 6. The molecule has 4 rings (SSSR count). The Hall–Kier alpha value is -3.28. The molecule has 0 bridgehead atoms. The number of hydrogen-bond donors (Lipinski definition) is 1. The van der Waals surface area contributed by atoms with Gasteiger partial charge >= 0.3 is 0 Å². The molecule has 25 heavy (non-hydrogen) atoms. The number of imidazole rings is 1. The summed E-state index contributed by atoms with van der Waals surface area (Å²) in [6.07, 6.45) is 10.1. The number of hydrogen-bond acceptors (Lipinski definition) is 5. The molecule has 0 amide bonds. The number of benzene rings is 1. The molecular weight excluding hydrogens is 312 g/mol. The molecule has 0 saturated heterocycles. The zero-order chi connectivity index (χ0) is 16.9. The highest BCUT2D eigenvalue weighted by Gasteiger charge is 2.08. The maximum Gasteiger partial charge on any atom is 0.162 e. The predicted molar refractivity (Wildman–Crippen MR) is 98.1 cm³/mol. The first-order valence-electron chi connectivity index (χ1n) is 8.27. The van der Waals surface area contributed by atoms with E-state index in [0.717, 1.165) is 41.8 Å². The zero-order valence-corrected chi connectivity index (χ0v) is 13.7. The lowest BCUT2D eigenvalue weighted by atomic mass is 10.2. The Labute approximate surface area is 145 Å². The Kier molecular flexibility index (Phi) is 4.33. The van der Waals surface area contributed by atoms with Gasteiger partial charge in [-0.15, -0.1) is 0 Å². The van der Waals surface area contributed by atoms with Crippen molar-refractivity contribution in [1.29, 1.82) is 0 Å². The predicted octanol–water partition coefficient (Wildman–Crippen LogP) is 3.39. The molecule has 0 atom stereocenters. The summed E-state index contributed by atoms with van der Waals surface area (Å²) in [6, 6.07) is 11.9. The number of aryl methyl sites for hydroxylation is 1. The van der Waals surface area contributed by atoms with E-state index < -0.39 is 0 Å². The van der Waals surface area contributed by atoms with Crippen LogP contribution in [0.3, 0.4) is 0 Å². The van der Waals surface area contributed by atoms with Crippen LogP contribution in [-0.4, -0.2) is 31.0 Å². The fourth-order valence-electron chi connectivity index (χ4n) is 2.73. The summed E-state index contributed by atoms with van der Waals surface area (Å²) in [6.45, 7) is 1.75. The first-order chi connectivity index (χ1) is 12.4. The molecule has 6 heteroatoms. The van der Waals surface area contributed by atoms with Gasteiger partial charge in [0.25, 0.3) is 0 Å². The summed E-state index contributed by atoms with van der Waals surface area (Å²) in [7, 11) is 0. The van der Waals surface area contributed by atoms with Gasteiger partial charge < -0.3 is 9.88 Å². The molecule has 0 saturated carbocycles. The molecule has 0 aliphatic rings. The maximum absolute atomic E-state index is 4.74. The molecule has 1 N–H and O–H groups in total. The number of para-hydroxylation sites is 1. The highest BCUT2D eigenvalue weighted by Crippen LogP contribution is 2.24. The average molecular weight is 330 g/mol. The number of aromatic nitrogens is 5. The highest BCUT2D eigenvalue weighted by molar-refractivity contribution is 5.90. The van der Waals surface area contributed by atoms with Crippen LogP contribution >= 0.6 is 0 Å². The maximum atomic E-state index is 4.74. The van der Waals surface area contributed by atoms with Crippen molar-refractivity contribution in [3.63, 3.8) is 0 Å². The average Bonchev–Trinajstić information content (AvgIpc) is 3.19. The van der Waals surface area contributed by atoms with Crippen molar-refractivity contribution in [2.24, 2.45) is 0 Å². The van der Waals surface area contributed by atoms with Gasteiger partial charge in [-0.1, -0.05) is 12.1 Å². The number of nitrogens with one attached hydrogen (secondary N) is 1. The number of fused-ring (bicyclic) bond motifs is 1. The topological polar surface area (TPSA) is 68.5 Å². The highest BCUT2D eigenvalue weighted by atomic mass is 15.0. The third kappa shape index (κ3) is 3.47. The number of pyridine rings is 1. The van der Waals surface area contributed by atoms with Gasteiger partial charge in [0.1, 0.15) is 5.82 Å². The van der Waals surface area contributed by atoms with Crippen molar-refractivity contribution in [2.75, 3.05) is 11.9 Å². The van der Waals surface area contributed by atoms with Gasteiger partial charge in [-0.2, -0.15) is 0 Å².